The van der Waals surface area contributed by atoms with E-state index in [2.05, 4.69) is 15.0 Å². The molecule has 2 N–H and O–H groups in total. The third-order valence-corrected chi connectivity index (χ3v) is 5.24. The summed E-state index contributed by atoms with van der Waals surface area (Å²) in [6.45, 7) is 2.52. The van der Waals surface area contributed by atoms with Gasteiger partial charge in [0, 0.05) is 49.5 Å². The number of furan rings is 1. The number of nitrogens with two attached hydrogens (primary N) is 1. The Morgan fingerprint density at radius 3 is 2.73 bits per heavy atom. The molecule has 4 heterocycles. The van der Waals surface area contributed by atoms with E-state index in [0.717, 1.165) is 0 Å². The van der Waals surface area contributed by atoms with E-state index in [1.807, 2.05) is 21.9 Å². The van der Waals surface area contributed by atoms with Crippen molar-refractivity contribution in [3.63, 3.8) is 0 Å². The van der Waals surface area contributed by atoms with Crippen molar-refractivity contribution < 1.29 is 18.3 Å². The molecule has 1 aromatic carbocycles. The van der Waals surface area contributed by atoms with Gasteiger partial charge in [0.15, 0.2) is 28.9 Å². The Kier molecular flexibility index (Phi) is 6.27. The predicted molar refractivity (Wildman–Crippen MR) is 123 cm³/mol. The maximum atomic E-state index is 13.9. The lowest BCUT2D eigenvalue weighted by molar-refractivity contribution is -0.130. The second-order valence-electron chi connectivity index (χ2n) is 7.26. The van der Waals surface area contributed by atoms with E-state index >= 15 is 0 Å². The zero-order valence-corrected chi connectivity index (χ0v) is 18.2. The van der Waals surface area contributed by atoms with Gasteiger partial charge < -0.3 is 24.7 Å². The van der Waals surface area contributed by atoms with E-state index in [1.54, 1.807) is 24.5 Å². The van der Waals surface area contributed by atoms with Gasteiger partial charge in [-0.1, -0.05) is 6.07 Å². The lowest BCUT2D eigenvalue weighted by Crippen LogP contribution is -2.49. The van der Waals surface area contributed by atoms with Crippen molar-refractivity contribution >= 4 is 47.0 Å². The zero-order chi connectivity index (χ0) is 22.1. The Hall–Kier alpha value is -3.92. The third-order valence-electron chi connectivity index (χ3n) is 5.24. The number of halogens is 2. The number of rotatable bonds is 3. The first-order valence-corrected chi connectivity index (χ1v) is 10.0. The monoisotopic (exact) mass is 470 g/mol. The van der Waals surface area contributed by atoms with Crippen molar-refractivity contribution in [3.8, 4) is 0 Å². The van der Waals surface area contributed by atoms with Crippen LogP contribution in [0.5, 0.6) is 0 Å². The molecule has 0 unspecified atom stereocenters. The fourth-order valence-corrected chi connectivity index (χ4v) is 3.59. The quantitative estimate of drug-likeness (QED) is 0.271. The molecule has 2 aliphatic heterocycles. The summed E-state index contributed by atoms with van der Waals surface area (Å²) in [5.41, 5.74) is 6.89. The summed E-state index contributed by atoms with van der Waals surface area (Å²) in [7, 11) is 0. The Morgan fingerprint density at radius 1 is 1.15 bits per heavy atom. The summed E-state index contributed by atoms with van der Waals surface area (Å²) >= 11 is 0. The number of piperazine rings is 1. The maximum Gasteiger partial charge on any atom is 0.365 e. The van der Waals surface area contributed by atoms with Gasteiger partial charge in [-0.3, -0.25) is 0 Å². The summed E-state index contributed by atoms with van der Waals surface area (Å²) in [4.78, 5) is 29.1. The second-order valence-corrected chi connectivity index (χ2v) is 7.26. The highest BCUT2D eigenvalue weighted by molar-refractivity contribution is 6.15. The highest BCUT2D eigenvalue weighted by Crippen LogP contribution is 2.27. The zero-order valence-electron chi connectivity index (χ0n) is 17.3. The number of cyclic esters (lactones) is 1. The molecule has 0 saturated carbocycles. The normalized spacial score (nSPS) is 17.8. The van der Waals surface area contributed by atoms with Crippen LogP contribution in [0, 0.1) is 5.82 Å². The molecule has 5 rings (SSSR count). The fourth-order valence-electron chi connectivity index (χ4n) is 3.59. The van der Waals surface area contributed by atoms with E-state index in [0.29, 0.717) is 48.9 Å². The minimum atomic E-state index is -0.556. The van der Waals surface area contributed by atoms with Gasteiger partial charge in [0.1, 0.15) is 0 Å². The molecular weight excluding hydrogens is 451 g/mol. The van der Waals surface area contributed by atoms with Crippen LogP contribution in [0.2, 0.25) is 0 Å². The number of pyridine rings is 1. The largest absolute Gasteiger partial charge is 0.461 e. The number of carbonyl (C=O) groups is 1. The molecule has 1 fully saturated rings. The lowest BCUT2D eigenvalue weighted by atomic mass is 10.1. The number of carbonyl (C=O) groups excluding carboxylic acids is 1. The van der Waals surface area contributed by atoms with E-state index in [-0.39, 0.29) is 29.6 Å². The Morgan fingerprint density at radius 2 is 1.97 bits per heavy atom. The van der Waals surface area contributed by atoms with Gasteiger partial charge in [0.2, 0.25) is 5.90 Å². The molecule has 0 amide bonds. The van der Waals surface area contributed by atoms with Gasteiger partial charge in [0.25, 0.3) is 0 Å². The van der Waals surface area contributed by atoms with Gasteiger partial charge in [0.05, 0.1) is 6.26 Å². The molecule has 0 spiro atoms. The molecule has 0 radical (unpaired) electrons. The van der Waals surface area contributed by atoms with Crippen molar-refractivity contribution in [1.82, 2.24) is 14.8 Å². The number of esters is 1. The number of aliphatic imine (C=N–C) groups is 2. The van der Waals surface area contributed by atoms with Gasteiger partial charge in [-0.2, -0.15) is 4.99 Å². The van der Waals surface area contributed by atoms with Crippen LogP contribution >= 0.6 is 12.4 Å². The van der Waals surface area contributed by atoms with Crippen LogP contribution in [0.1, 0.15) is 5.56 Å². The standard InChI is InChI=1S/C22H19FN6O3.ClH/c23-16-5-4-15(14-6-12-31-19(14)16)20-26-17(21(30)32-20)13-28-8-10-29(11-9-28)22(24)27-18-3-1-2-7-25-18;/h1-7,12-13H,8-11H2,(H2,24,25,27);1H. The molecule has 2 aromatic heterocycles. The molecule has 33 heavy (non-hydrogen) atoms. The van der Waals surface area contributed by atoms with Crippen molar-refractivity contribution in [2.24, 2.45) is 15.7 Å². The molecule has 11 heteroatoms. The Bertz CT molecular complexity index is 1270. The number of hydrogen-bond donors (Lipinski definition) is 1. The Labute approximate surface area is 194 Å². The summed E-state index contributed by atoms with van der Waals surface area (Å²) in [5.74, 6) is 0.0329. The SMILES string of the molecule is Cl.N/C(=N\c1ccccn1)N1CCN(C=C2N=C(c3ccc(F)c4occc34)OC2=O)CC1. The number of benzene rings is 1. The first-order chi connectivity index (χ1) is 15.6. The van der Waals surface area contributed by atoms with E-state index in [1.165, 1.54) is 18.4 Å². The summed E-state index contributed by atoms with van der Waals surface area (Å²) < 4.78 is 24.4. The molecule has 0 atom stereocenters. The van der Waals surface area contributed by atoms with E-state index in [9.17, 15) is 9.18 Å². The fraction of sp³-hybridized carbons (Fsp3) is 0.182. The molecule has 9 nitrogen and oxygen atoms in total. The van der Waals surface area contributed by atoms with Crippen LogP contribution in [0.25, 0.3) is 11.0 Å². The molecule has 170 valence electrons. The summed E-state index contributed by atoms with van der Waals surface area (Å²) in [6, 6.07) is 9.84. The first kappa shape index (κ1) is 22.3. The van der Waals surface area contributed by atoms with Crippen molar-refractivity contribution in [2.45, 2.75) is 0 Å². The van der Waals surface area contributed by atoms with Crippen molar-refractivity contribution in [2.75, 3.05) is 26.2 Å². The highest BCUT2D eigenvalue weighted by Gasteiger charge is 2.28. The van der Waals surface area contributed by atoms with Crippen LogP contribution in [0.3, 0.4) is 0 Å². The van der Waals surface area contributed by atoms with Crippen LogP contribution in [0.15, 0.2) is 75.2 Å². The molecular formula is C22H20ClFN6O3. The molecule has 0 aliphatic carbocycles. The van der Waals surface area contributed by atoms with Gasteiger partial charge in [-0.05, 0) is 30.3 Å². The average molecular weight is 471 g/mol. The van der Waals surface area contributed by atoms with E-state index < -0.39 is 11.8 Å². The minimum Gasteiger partial charge on any atom is -0.461 e. The summed E-state index contributed by atoms with van der Waals surface area (Å²) in [5, 5.41) is 0.495. The van der Waals surface area contributed by atoms with Gasteiger partial charge in [-0.15, -0.1) is 12.4 Å². The number of guanidine groups is 1. The number of hydrogen-bond acceptors (Lipinski definition) is 7. The van der Waals surface area contributed by atoms with Crippen molar-refractivity contribution in [3.05, 3.63) is 72.1 Å². The third kappa shape index (κ3) is 4.51. The van der Waals surface area contributed by atoms with Gasteiger partial charge >= 0.3 is 5.97 Å². The van der Waals surface area contributed by atoms with E-state index in [4.69, 9.17) is 14.9 Å². The lowest BCUT2D eigenvalue weighted by Gasteiger charge is -2.34. The highest BCUT2D eigenvalue weighted by atomic mass is 35.5. The number of nitrogens with zero attached hydrogens (tertiary/aromatic N) is 5. The minimum absolute atomic E-state index is 0. The van der Waals surface area contributed by atoms with Crippen LogP contribution in [-0.4, -0.2) is 58.8 Å². The first-order valence-electron chi connectivity index (χ1n) is 10.0. The van der Waals surface area contributed by atoms with Crippen LogP contribution in [0.4, 0.5) is 10.2 Å². The second kappa shape index (κ2) is 9.29. The van der Waals surface area contributed by atoms with Gasteiger partial charge in [-0.25, -0.2) is 19.2 Å². The smallest absolute Gasteiger partial charge is 0.365 e. The van der Waals surface area contributed by atoms with Crippen LogP contribution in [-0.2, 0) is 9.53 Å². The maximum absolute atomic E-state index is 13.9. The number of ether oxygens (including phenoxy) is 1. The molecule has 2 aliphatic rings. The van der Waals surface area contributed by atoms with Crippen LogP contribution < -0.4 is 5.73 Å². The number of aromatic nitrogens is 1. The van der Waals surface area contributed by atoms with Crippen molar-refractivity contribution in [1.29, 1.82) is 0 Å². The average Bonchev–Trinajstić information content (AvgIpc) is 3.43. The summed E-state index contributed by atoms with van der Waals surface area (Å²) in [6.07, 6.45) is 4.72. The topological polar surface area (TPSA) is 110 Å². The number of fused-ring (bicyclic) bond motifs is 1. The molecule has 1 saturated heterocycles. The predicted octanol–water partition coefficient (Wildman–Crippen LogP) is 2.80. The Balaban J connectivity index is 0.00000259. The molecule has 3 aromatic rings. The molecule has 0 bridgehead atoms.